The molecule has 0 radical (unpaired) electrons. The van der Waals surface area contributed by atoms with Gasteiger partial charge in [0, 0.05) is 24.9 Å². The molecule has 2 saturated heterocycles. The molecule has 0 aliphatic carbocycles. The average Bonchev–Trinajstić information content (AvgIpc) is 2.23. The van der Waals surface area contributed by atoms with E-state index < -0.39 is 5.97 Å². The number of thioether (sulfide) groups is 1. The van der Waals surface area contributed by atoms with Gasteiger partial charge in [0.15, 0.2) is 0 Å². The van der Waals surface area contributed by atoms with Crippen LogP contribution < -0.4 is 10.6 Å². The second-order valence-electron chi connectivity index (χ2n) is 4.82. The van der Waals surface area contributed by atoms with Gasteiger partial charge in [-0.3, -0.25) is 4.79 Å². The van der Waals surface area contributed by atoms with Crippen LogP contribution in [0.4, 0.5) is 0 Å². The van der Waals surface area contributed by atoms with Gasteiger partial charge >= 0.3 is 5.97 Å². The van der Waals surface area contributed by atoms with Crippen LogP contribution in [-0.2, 0) is 4.79 Å². The lowest BCUT2D eigenvalue weighted by molar-refractivity contribution is -0.139. The lowest BCUT2D eigenvalue weighted by Gasteiger charge is -2.43. The normalized spacial score (nSPS) is 28.4. The van der Waals surface area contributed by atoms with E-state index in [0.717, 1.165) is 19.6 Å². The second kappa shape index (κ2) is 5.38. The molecule has 2 aliphatic heterocycles. The van der Waals surface area contributed by atoms with Crippen molar-refractivity contribution in [2.45, 2.75) is 36.5 Å². The first-order valence-electron chi connectivity index (χ1n) is 5.99. The Morgan fingerprint density at radius 2 is 2.31 bits per heavy atom. The van der Waals surface area contributed by atoms with E-state index >= 15 is 0 Å². The molecule has 0 aromatic rings. The summed E-state index contributed by atoms with van der Waals surface area (Å²) in [4.78, 5) is 10.8. The molecule has 0 aromatic carbocycles. The fraction of sp³-hybridized carbons (Fsp3) is 0.909. The third-order valence-corrected chi connectivity index (χ3v) is 4.79. The maximum Gasteiger partial charge on any atom is 0.305 e. The highest BCUT2D eigenvalue weighted by Crippen LogP contribution is 2.25. The van der Waals surface area contributed by atoms with Crippen LogP contribution in [0, 0.1) is 0 Å². The molecule has 1 atom stereocenters. The van der Waals surface area contributed by atoms with Crippen LogP contribution in [0.5, 0.6) is 0 Å². The molecule has 0 aromatic heterocycles. The highest BCUT2D eigenvalue weighted by Gasteiger charge is 2.38. The molecule has 16 heavy (non-hydrogen) atoms. The van der Waals surface area contributed by atoms with Crippen LogP contribution in [0.2, 0.25) is 0 Å². The Bertz CT molecular complexity index is 250. The van der Waals surface area contributed by atoms with Crippen LogP contribution in [0.25, 0.3) is 0 Å². The maximum absolute atomic E-state index is 10.8. The molecule has 2 rings (SSSR count). The first-order chi connectivity index (χ1) is 7.70. The van der Waals surface area contributed by atoms with E-state index in [1.54, 1.807) is 0 Å². The van der Waals surface area contributed by atoms with E-state index in [-0.39, 0.29) is 12.0 Å². The van der Waals surface area contributed by atoms with Gasteiger partial charge in [0.05, 0.1) is 12.0 Å². The minimum absolute atomic E-state index is 0.177. The monoisotopic (exact) mass is 244 g/mol. The third kappa shape index (κ3) is 3.12. The van der Waals surface area contributed by atoms with Crippen LogP contribution in [-0.4, -0.2) is 47.3 Å². The van der Waals surface area contributed by atoms with Crippen molar-refractivity contribution < 1.29 is 9.90 Å². The van der Waals surface area contributed by atoms with Gasteiger partial charge in [-0.25, -0.2) is 0 Å². The quantitative estimate of drug-likeness (QED) is 0.664. The fourth-order valence-electron chi connectivity index (χ4n) is 2.33. The zero-order valence-corrected chi connectivity index (χ0v) is 10.3. The van der Waals surface area contributed by atoms with E-state index in [1.165, 1.54) is 25.0 Å². The summed E-state index contributed by atoms with van der Waals surface area (Å²) in [5, 5.41) is 16.2. The minimum atomic E-state index is -0.703. The Morgan fingerprint density at radius 3 is 2.81 bits per heavy atom. The van der Waals surface area contributed by atoms with E-state index in [9.17, 15) is 4.79 Å². The van der Waals surface area contributed by atoms with Gasteiger partial charge in [-0.15, -0.1) is 0 Å². The van der Waals surface area contributed by atoms with Crippen molar-refractivity contribution in [3.63, 3.8) is 0 Å². The molecule has 0 amide bonds. The van der Waals surface area contributed by atoms with Crippen molar-refractivity contribution in [1.82, 2.24) is 10.6 Å². The van der Waals surface area contributed by atoms with Gasteiger partial charge in [-0.05, 0) is 18.6 Å². The molecule has 3 N–H and O–H groups in total. The highest BCUT2D eigenvalue weighted by molar-refractivity contribution is 7.99. The Labute approximate surface area is 101 Å². The number of hydrogen-bond donors (Lipinski definition) is 3. The van der Waals surface area contributed by atoms with Crippen LogP contribution in [0.15, 0.2) is 0 Å². The summed E-state index contributed by atoms with van der Waals surface area (Å²) in [5.74, 6) is 0.557. The molecule has 92 valence electrons. The van der Waals surface area contributed by atoms with Crippen LogP contribution in [0.1, 0.15) is 25.7 Å². The third-order valence-electron chi connectivity index (χ3n) is 3.40. The number of carbonyl (C=O) groups is 1. The standard InChI is InChI=1S/C11H20N2O2S/c14-10(15)5-11(7-12-8-11)13-6-9-3-1-2-4-16-9/h9,12-13H,1-8H2,(H,14,15). The van der Waals surface area contributed by atoms with E-state index in [0.29, 0.717) is 5.25 Å². The molecule has 1 unspecified atom stereocenters. The van der Waals surface area contributed by atoms with Gasteiger partial charge < -0.3 is 15.7 Å². The Morgan fingerprint density at radius 1 is 1.50 bits per heavy atom. The largest absolute Gasteiger partial charge is 0.481 e. The molecule has 2 aliphatic rings. The van der Waals surface area contributed by atoms with Crippen molar-refractivity contribution in [3.8, 4) is 0 Å². The Hall–Kier alpha value is -0.260. The number of hydrogen-bond acceptors (Lipinski definition) is 4. The molecule has 5 heteroatoms. The maximum atomic E-state index is 10.8. The summed E-state index contributed by atoms with van der Waals surface area (Å²) < 4.78 is 0. The van der Waals surface area contributed by atoms with Crippen LogP contribution in [0.3, 0.4) is 0 Å². The summed E-state index contributed by atoms with van der Waals surface area (Å²) in [6.45, 7) is 2.53. The summed E-state index contributed by atoms with van der Waals surface area (Å²) in [6.07, 6.45) is 4.16. The second-order valence-corrected chi connectivity index (χ2v) is 6.23. The van der Waals surface area contributed by atoms with Gasteiger partial charge in [0.25, 0.3) is 0 Å². The number of rotatable bonds is 5. The number of aliphatic carboxylic acids is 1. The topological polar surface area (TPSA) is 61.4 Å². The fourth-order valence-corrected chi connectivity index (χ4v) is 3.57. The van der Waals surface area contributed by atoms with Crippen molar-refractivity contribution in [2.75, 3.05) is 25.4 Å². The summed E-state index contributed by atoms with van der Waals surface area (Å²) in [7, 11) is 0. The first-order valence-corrected chi connectivity index (χ1v) is 7.04. The Balaban J connectivity index is 1.75. The van der Waals surface area contributed by atoms with Crippen molar-refractivity contribution >= 4 is 17.7 Å². The number of nitrogens with one attached hydrogen (secondary N) is 2. The van der Waals surface area contributed by atoms with E-state index in [2.05, 4.69) is 10.6 Å². The Kier molecular flexibility index (Phi) is 4.10. The SMILES string of the molecule is O=C(O)CC1(NCC2CCCCS2)CNC1. The van der Waals surface area contributed by atoms with Gasteiger partial charge in [0.1, 0.15) is 0 Å². The molecule has 2 fully saturated rings. The zero-order chi connectivity index (χ0) is 11.4. The van der Waals surface area contributed by atoms with E-state index in [4.69, 9.17) is 5.11 Å². The van der Waals surface area contributed by atoms with Crippen molar-refractivity contribution in [1.29, 1.82) is 0 Å². The summed E-state index contributed by atoms with van der Waals surface area (Å²) in [5.41, 5.74) is -0.177. The number of carboxylic acid groups (broad SMARTS) is 1. The summed E-state index contributed by atoms with van der Waals surface area (Å²) >= 11 is 2.03. The first kappa shape index (κ1) is 12.2. The predicted molar refractivity (Wildman–Crippen MR) is 66.0 cm³/mol. The minimum Gasteiger partial charge on any atom is -0.481 e. The summed E-state index contributed by atoms with van der Waals surface area (Å²) in [6, 6.07) is 0. The molecule has 0 spiro atoms. The number of carboxylic acids is 1. The lowest BCUT2D eigenvalue weighted by Crippen LogP contribution is -2.69. The van der Waals surface area contributed by atoms with Crippen LogP contribution >= 0.6 is 11.8 Å². The van der Waals surface area contributed by atoms with Crippen molar-refractivity contribution in [3.05, 3.63) is 0 Å². The molecular weight excluding hydrogens is 224 g/mol. The molecular formula is C11H20N2O2S. The van der Waals surface area contributed by atoms with Gasteiger partial charge in [-0.2, -0.15) is 11.8 Å². The van der Waals surface area contributed by atoms with E-state index in [1.807, 2.05) is 11.8 Å². The highest BCUT2D eigenvalue weighted by atomic mass is 32.2. The smallest absolute Gasteiger partial charge is 0.305 e. The zero-order valence-electron chi connectivity index (χ0n) is 9.50. The lowest BCUT2D eigenvalue weighted by atomic mass is 9.88. The molecule has 0 bridgehead atoms. The average molecular weight is 244 g/mol. The molecule has 4 nitrogen and oxygen atoms in total. The predicted octanol–water partition coefficient (Wildman–Crippen LogP) is 0.678. The molecule has 0 saturated carbocycles. The van der Waals surface area contributed by atoms with Gasteiger partial charge in [0.2, 0.25) is 0 Å². The van der Waals surface area contributed by atoms with Crippen molar-refractivity contribution in [2.24, 2.45) is 0 Å². The molecule has 2 heterocycles. The van der Waals surface area contributed by atoms with Gasteiger partial charge in [-0.1, -0.05) is 6.42 Å².